The molecule has 0 radical (unpaired) electrons. The molecule has 103 heavy (non-hydrogen) atoms. The van der Waals surface area contributed by atoms with Crippen LogP contribution in [0.4, 0.5) is 11.4 Å². The van der Waals surface area contributed by atoms with Crippen LogP contribution in [-0.2, 0) is 54.4 Å². The number of H-pyrrole nitrogens is 2. The molecule has 14 rings (SSSR count). The number of hydrogen-bond donors (Lipinski definition) is 4. The van der Waals surface area contributed by atoms with Crippen LogP contribution in [0.1, 0.15) is 121 Å². The second-order valence-electron chi connectivity index (χ2n) is 29.5. The minimum absolute atomic E-state index is 0.132. The molecule has 9 aromatic rings. The van der Waals surface area contributed by atoms with Gasteiger partial charge in [-0.05, 0) is 189 Å². The Labute approximate surface area is 646 Å². The fourth-order valence-electron chi connectivity index (χ4n) is 13.5. The number of halogens is 4. The third kappa shape index (κ3) is 19.4. The Morgan fingerprint density at radius 3 is 1.40 bits per heavy atom. The van der Waals surface area contributed by atoms with Gasteiger partial charge < -0.3 is 33.0 Å². The van der Waals surface area contributed by atoms with Crippen molar-refractivity contribution in [2.24, 2.45) is 0 Å². The zero-order chi connectivity index (χ0) is 76.0. The van der Waals surface area contributed by atoms with Crippen LogP contribution in [-0.4, -0.2) is 103 Å². The fourth-order valence-corrected chi connectivity index (χ4v) is 19.5. The zero-order valence-electron chi connectivity index (χ0n) is 60.7. The van der Waals surface area contributed by atoms with E-state index in [1.807, 2.05) is 107 Å². The van der Waals surface area contributed by atoms with Crippen molar-refractivity contribution >= 4 is 139 Å². The predicted octanol–water partition coefficient (Wildman–Crippen LogP) is 11.3. The van der Waals surface area contributed by atoms with E-state index in [9.17, 15) is 36.0 Å². The van der Waals surface area contributed by atoms with E-state index in [-0.39, 0.29) is 32.7 Å². The van der Waals surface area contributed by atoms with Crippen LogP contribution >= 0.6 is 67.7 Å². The van der Waals surface area contributed by atoms with Gasteiger partial charge in [0.05, 0.1) is 63.6 Å². The summed E-state index contributed by atoms with van der Waals surface area (Å²) in [7, 11) is -4.37. The van der Waals surface area contributed by atoms with E-state index in [0.29, 0.717) is 41.8 Å². The van der Waals surface area contributed by atoms with Gasteiger partial charge in [-0.15, -0.1) is 0 Å². The van der Waals surface area contributed by atoms with Crippen LogP contribution in [0, 0.1) is 3.57 Å². The van der Waals surface area contributed by atoms with E-state index < -0.39 is 69.2 Å². The van der Waals surface area contributed by atoms with Gasteiger partial charge in [0.2, 0.25) is 20.0 Å². The summed E-state index contributed by atoms with van der Waals surface area (Å²) in [4.78, 5) is 51.8. The summed E-state index contributed by atoms with van der Waals surface area (Å²) in [5.74, 6) is 0.475. The van der Waals surface area contributed by atoms with E-state index in [4.69, 9.17) is 33.0 Å². The number of anilines is 2. The molecule has 4 N–H and O–H groups in total. The second-order valence-corrected chi connectivity index (χ2v) is 53.5. The first kappa shape index (κ1) is 81.8. The number of nitrogens with one attached hydrogen (secondary N) is 4. The third-order valence-corrected chi connectivity index (χ3v) is 23.3. The van der Waals surface area contributed by atoms with Crippen LogP contribution in [0.5, 0.6) is 11.5 Å². The molecule has 2 aromatic heterocycles. The van der Waals surface area contributed by atoms with Crippen molar-refractivity contribution in [2.45, 2.75) is 154 Å². The molecule has 4 atom stereocenters. The average molecular weight is 1910 g/mol. The Morgan fingerprint density at radius 2 is 0.961 bits per heavy atom. The number of rotatable bonds is 11. The van der Waals surface area contributed by atoms with E-state index in [1.54, 1.807) is 32.4 Å². The molecule has 0 aliphatic carbocycles. The molecule has 5 aliphatic rings. The number of nitrogens with zero attached hydrogens (tertiary/aromatic N) is 2. The quantitative estimate of drug-likeness (QED) is 0.0533. The Kier molecular flexibility index (Phi) is 24.7. The van der Waals surface area contributed by atoms with Crippen LogP contribution < -0.4 is 65.4 Å². The summed E-state index contributed by atoms with van der Waals surface area (Å²) in [6, 6.07) is 43.4. The Hall–Kier alpha value is -5.27. The van der Waals surface area contributed by atoms with E-state index in [1.165, 1.54) is 39.0 Å². The number of aromatic nitrogens is 4. The van der Waals surface area contributed by atoms with Crippen molar-refractivity contribution in [1.29, 1.82) is 0 Å². The summed E-state index contributed by atoms with van der Waals surface area (Å²) in [6.45, 7) is 29.1. The second kappa shape index (κ2) is 31.1. The normalized spacial score (nSPS) is 21.6. The Morgan fingerprint density at radius 1 is 0.544 bits per heavy atom. The molecule has 7 heterocycles. The third-order valence-electron chi connectivity index (χ3n) is 18.0. The van der Waals surface area contributed by atoms with Gasteiger partial charge >= 0.3 is 69.0 Å². The number of methoxy groups -OCH3 is 2. The molecular weight excluding hydrogens is 1830 g/mol. The van der Waals surface area contributed by atoms with Gasteiger partial charge in [-0.2, -0.15) is 0 Å². The van der Waals surface area contributed by atoms with Crippen molar-refractivity contribution < 1.29 is 63.1 Å². The molecule has 4 bridgehead atoms. The van der Waals surface area contributed by atoms with E-state index in [0.717, 1.165) is 83.9 Å². The van der Waals surface area contributed by atoms with Gasteiger partial charge in [-0.25, -0.2) is 26.4 Å². The van der Waals surface area contributed by atoms with Crippen LogP contribution in [0.2, 0.25) is 0 Å². The number of fused-ring (bicyclic) bond motifs is 2. The molecule has 5 fully saturated rings. The SMILES string of the molecule is CC1(C)OB(c2ccc3cc(NS(C)(=O)=O)ccc3c2)OC1(C)C.CC12CC3(C)OC(C)(CC(C)(O1)P3c1ccccc1)O2.COc1c(-c2ccc3cc(NS(C)(=O)=O)ccc3c2)cc(-n2ccc(=O)[nH]c2=O)cc1C(C)(C)C.COc1c(I)cc(-n2ccc(=O)[nH]c2=O)cc1C(C)(C)C.I[I-]I. The number of ether oxygens (including phenoxy) is 5. The van der Waals surface area contributed by atoms with Crippen LogP contribution in [0.3, 0.4) is 0 Å². The fraction of sp³-hybridized carbons (Fsp3) is 0.378. The summed E-state index contributed by atoms with van der Waals surface area (Å²) < 4.78 is 97.0. The first-order chi connectivity index (χ1) is 47.7. The van der Waals surface area contributed by atoms with Crippen molar-refractivity contribution in [1.82, 2.24) is 19.1 Å². The number of sulfonamides is 2. The van der Waals surface area contributed by atoms with Gasteiger partial charge in [-0.3, -0.25) is 38.1 Å². The van der Waals surface area contributed by atoms with Crippen molar-refractivity contribution in [3.05, 3.63) is 208 Å². The standard InChI is InChI=1S/C26H27N3O5S.C17H22BNO4S.C16H21O3P.C15H17IN2O3.I3/c1-26(2,3)22-15-20(29-11-10-23(30)27-25(29)31)14-21(24(22)34-4)18-7-6-17-13-19(28-35(5,32)33)9-8-16(17)12-18;1-16(2)17(3,4)23-18(22-16)14-8-6-13-11-15(19-24(5,20)21)9-7-12(13)10-14;1-13-10-15(3)19-14(2,17-13)11-16(4,18-13)20(15)12-8-6-5-7-9-12;1-15(2,3)10-7-9(8-11(16)13(10)21-4)18-6-5-12(19)17-14(18)20;1-3-2/h6-15,28H,1-5H3,(H,27,30,31);6-11,19H,1-5H3;5-9H,10-11H2,1-4H3;5-8H,1-4H3,(H,17,19,20);/q;;;;-1. The molecule has 21 nitrogen and oxygen atoms in total. The van der Waals surface area contributed by atoms with Crippen molar-refractivity contribution in [2.75, 3.05) is 36.2 Å². The van der Waals surface area contributed by atoms with Crippen LogP contribution in [0.15, 0.2) is 171 Å². The minimum atomic E-state index is -3.38. The molecule has 0 amide bonds. The van der Waals surface area contributed by atoms with Crippen molar-refractivity contribution in [3.63, 3.8) is 0 Å². The molecule has 29 heteroatoms. The molecule has 5 aliphatic heterocycles. The molecule has 552 valence electrons. The van der Waals surface area contributed by atoms with Gasteiger partial charge in [0, 0.05) is 65.4 Å². The Bertz CT molecular complexity index is 5100. The number of benzene rings is 7. The number of aromatic amines is 2. The molecular formula is C74H87BI4N6O15PS2-. The van der Waals surface area contributed by atoms with E-state index in [2.05, 4.69) is 179 Å². The summed E-state index contributed by atoms with van der Waals surface area (Å²) >= 11 is 7.48. The molecule has 0 spiro atoms. The van der Waals surface area contributed by atoms with Crippen molar-refractivity contribution in [3.8, 4) is 34.0 Å². The van der Waals surface area contributed by atoms with E-state index >= 15 is 0 Å². The maximum atomic E-state index is 12.5. The summed E-state index contributed by atoms with van der Waals surface area (Å²) in [5, 5.41) is 4.73. The monoisotopic (exact) mass is 1910 g/mol. The first-order valence-corrected chi connectivity index (χ1v) is 51.5. The average Bonchev–Trinajstić information content (AvgIpc) is 1.15. The van der Waals surface area contributed by atoms with Crippen LogP contribution in [0.25, 0.3) is 44.0 Å². The summed E-state index contributed by atoms with van der Waals surface area (Å²) in [6.07, 6.45) is 6.78. The molecule has 7 aromatic carbocycles. The molecule has 5 saturated heterocycles. The first-order valence-electron chi connectivity index (χ1n) is 32.7. The molecule has 0 saturated carbocycles. The molecule has 4 unspecified atom stereocenters. The Balaban J connectivity index is 0.000000161. The van der Waals surface area contributed by atoms with Gasteiger partial charge in [-0.1, -0.05) is 114 Å². The number of hydrogen-bond acceptors (Lipinski definition) is 15. The van der Waals surface area contributed by atoms with Gasteiger partial charge in [0.1, 0.15) is 11.5 Å². The van der Waals surface area contributed by atoms with Gasteiger partial charge in [0.25, 0.3) is 11.1 Å². The predicted molar refractivity (Wildman–Crippen MR) is 435 cm³/mol. The maximum absolute atomic E-state index is 12.5. The zero-order valence-corrected chi connectivity index (χ0v) is 71.9. The topological polar surface area (TPSA) is 267 Å². The summed E-state index contributed by atoms with van der Waals surface area (Å²) in [5.41, 5.74) is 3.79. The van der Waals surface area contributed by atoms with Gasteiger partial charge in [0.15, 0.2) is 11.6 Å².